The van der Waals surface area contributed by atoms with E-state index < -0.39 is 5.97 Å². The standard InChI is InChI=1S/C5H6N2O2S/c8-5(3-10)9-7-2-1-6-4-7/h1-3,6H,4H2. The molecular formula is C5H6N2O2S. The van der Waals surface area contributed by atoms with Gasteiger partial charge in [-0.25, -0.2) is 4.79 Å². The van der Waals surface area contributed by atoms with E-state index in [2.05, 4.69) is 22.4 Å². The molecule has 1 aliphatic rings. The second kappa shape index (κ2) is 3.17. The van der Waals surface area contributed by atoms with E-state index in [4.69, 9.17) is 0 Å². The fraction of sp³-hybridized carbons (Fsp3) is 0.200. The van der Waals surface area contributed by atoms with Crippen molar-refractivity contribution in [3.05, 3.63) is 12.4 Å². The lowest BCUT2D eigenvalue weighted by Crippen LogP contribution is -2.24. The molecule has 0 aliphatic carbocycles. The molecule has 0 fully saturated rings. The molecule has 1 N–H and O–H groups in total. The monoisotopic (exact) mass is 158 g/mol. The fourth-order valence-corrected chi connectivity index (χ4v) is 0.574. The van der Waals surface area contributed by atoms with Crippen molar-refractivity contribution in [3.8, 4) is 0 Å². The van der Waals surface area contributed by atoms with Gasteiger partial charge in [-0.2, -0.15) is 5.06 Å². The van der Waals surface area contributed by atoms with Crippen LogP contribution in [0.2, 0.25) is 0 Å². The van der Waals surface area contributed by atoms with Crippen LogP contribution < -0.4 is 5.32 Å². The van der Waals surface area contributed by atoms with Gasteiger partial charge in [-0.3, -0.25) is 0 Å². The zero-order valence-corrected chi connectivity index (χ0v) is 5.93. The Kier molecular flexibility index (Phi) is 2.22. The van der Waals surface area contributed by atoms with E-state index in [0.717, 1.165) is 5.37 Å². The van der Waals surface area contributed by atoms with Gasteiger partial charge in [-0.1, -0.05) is 12.2 Å². The molecule has 4 nitrogen and oxygen atoms in total. The largest absolute Gasteiger partial charge is 0.370 e. The molecule has 0 atom stereocenters. The van der Waals surface area contributed by atoms with E-state index in [9.17, 15) is 4.79 Å². The predicted octanol–water partition coefficient (Wildman–Crippen LogP) is -0.222. The SMILES string of the molecule is O=C(C=S)ON1C=CNC1. The third-order valence-corrected chi connectivity index (χ3v) is 1.10. The number of hydroxylamine groups is 2. The summed E-state index contributed by atoms with van der Waals surface area (Å²) in [6, 6.07) is 0. The van der Waals surface area contributed by atoms with E-state index in [1.807, 2.05) is 0 Å². The molecule has 0 amide bonds. The van der Waals surface area contributed by atoms with Crippen LogP contribution in [-0.4, -0.2) is 23.1 Å². The maximum Gasteiger partial charge on any atom is 0.366 e. The molecule has 1 aliphatic heterocycles. The molecule has 1 heterocycles. The highest BCUT2D eigenvalue weighted by Gasteiger charge is 2.06. The molecule has 0 saturated heterocycles. The summed E-state index contributed by atoms with van der Waals surface area (Å²) in [4.78, 5) is 15.1. The minimum absolute atomic E-state index is 0.481. The van der Waals surface area contributed by atoms with Gasteiger partial charge in [0.25, 0.3) is 0 Å². The van der Waals surface area contributed by atoms with Gasteiger partial charge in [-0.05, 0) is 0 Å². The van der Waals surface area contributed by atoms with Crippen LogP contribution in [0.15, 0.2) is 12.4 Å². The predicted molar refractivity (Wildman–Crippen MR) is 38.7 cm³/mol. The van der Waals surface area contributed by atoms with Crippen LogP contribution in [-0.2, 0) is 9.63 Å². The lowest BCUT2D eigenvalue weighted by atomic mass is 10.8. The van der Waals surface area contributed by atoms with Gasteiger partial charge in [0.2, 0.25) is 0 Å². The van der Waals surface area contributed by atoms with Crippen LogP contribution in [0.1, 0.15) is 0 Å². The third-order valence-electron chi connectivity index (χ3n) is 0.909. The van der Waals surface area contributed by atoms with Crippen LogP contribution in [0.5, 0.6) is 0 Å². The molecule has 0 saturated carbocycles. The van der Waals surface area contributed by atoms with Crippen molar-refractivity contribution < 1.29 is 9.63 Å². The van der Waals surface area contributed by atoms with Gasteiger partial charge in [0, 0.05) is 6.20 Å². The van der Waals surface area contributed by atoms with Crippen molar-refractivity contribution in [2.75, 3.05) is 6.67 Å². The normalized spacial score (nSPS) is 14.6. The number of thiocarbonyl (C=S) groups is 1. The second-order valence-electron chi connectivity index (χ2n) is 1.62. The number of nitrogens with zero attached hydrogens (tertiary/aromatic N) is 1. The van der Waals surface area contributed by atoms with Crippen molar-refractivity contribution in [1.82, 2.24) is 10.4 Å². The number of carbonyl (C=O) groups is 1. The van der Waals surface area contributed by atoms with Crippen LogP contribution >= 0.6 is 12.2 Å². The van der Waals surface area contributed by atoms with Crippen LogP contribution in [0, 0.1) is 0 Å². The summed E-state index contributed by atoms with van der Waals surface area (Å²) in [5.41, 5.74) is 0. The Morgan fingerprint density at radius 1 is 1.90 bits per heavy atom. The van der Waals surface area contributed by atoms with Crippen LogP contribution in [0.3, 0.4) is 0 Å². The smallest absolute Gasteiger partial charge is 0.366 e. The molecule has 1 rings (SSSR count). The van der Waals surface area contributed by atoms with E-state index in [1.165, 1.54) is 5.06 Å². The fourth-order valence-electron chi connectivity index (χ4n) is 0.531. The van der Waals surface area contributed by atoms with E-state index >= 15 is 0 Å². The lowest BCUT2D eigenvalue weighted by Gasteiger charge is -2.11. The second-order valence-corrected chi connectivity index (χ2v) is 1.86. The summed E-state index contributed by atoms with van der Waals surface area (Å²) in [6.45, 7) is 0.481. The Balaban J connectivity index is 2.31. The highest BCUT2D eigenvalue weighted by atomic mass is 32.1. The van der Waals surface area contributed by atoms with Gasteiger partial charge in [0.05, 0.1) is 11.6 Å². The molecule has 0 aromatic rings. The molecule has 54 valence electrons. The highest BCUT2D eigenvalue weighted by molar-refractivity contribution is 7.80. The van der Waals surface area contributed by atoms with Gasteiger partial charge in [0.15, 0.2) is 0 Å². The first-order chi connectivity index (χ1) is 4.83. The maximum absolute atomic E-state index is 10.5. The number of hydrogen-bond donors (Lipinski definition) is 1. The molecule has 0 unspecified atom stereocenters. The van der Waals surface area contributed by atoms with Gasteiger partial charge < -0.3 is 10.2 Å². The van der Waals surface area contributed by atoms with Crippen molar-refractivity contribution >= 4 is 23.6 Å². The zero-order valence-electron chi connectivity index (χ0n) is 5.11. The number of carbonyl (C=O) groups excluding carboxylic acids is 1. The molecular weight excluding hydrogens is 152 g/mol. The number of nitrogens with one attached hydrogen (secondary N) is 1. The highest BCUT2D eigenvalue weighted by Crippen LogP contribution is 1.94. The summed E-state index contributed by atoms with van der Waals surface area (Å²) >= 11 is 4.34. The van der Waals surface area contributed by atoms with E-state index in [0.29, 0.717) is 6.67 Å². The number of rotatable bonds is 2. The van der Waals surface area contributed by atoms with Gasteiger partial charge >= 0.3 is 5.97 Å². The minimum Gasteiger partial charge on any atom is -0.370 e. The maximum atomic E-state index is 10.5. The Hall–Kier alpha value is -1.10. The summed E-state index contributed by atoms with van der Waals surface area (Å²) in [5.74, 6) is -0.525. The first kappa shape index (κ1) is 7.01. The van der Waals surface area contributed by atoms with Crippen molar-refractivity contribution in [2.45, 2.75) is 0 Å². The Labute approximate surface area is 63.4 Å². The van der Waals surface area contributed by atoms with Crippen LogP contribution in [0.25, 0.3) is 0 Å². The van der Waals surface area contributed by atoms with Crippen molar-refractivity contribution in [1.29, 1.82) is 0 Å². The Morgan fingerprint density at radius 2 is 2.70 bits per heavy atom. The summed E-state index contributed by atoms with van der Waals surface area (Å²) in [6.07, 6.45) is 3.29. The van der Waals surface area contributed by atoms with E-state index in [1.54, 1.807) is 12.4 Å². The van der Waals surface area contributed by atoms with E-state index in [-0.39, 0.29) is 0 Å². The quantitative estimate of drug-likeness (QED) is 0.563. The Morgan fingerprint density at radius 3 is 3.20 bits per heavy atom. The van der Waals surface area contributed by atoms with Gasteiger partial charge in [-0.15, -0.1) is 0 Å². The molecule has 0 radical (unpaired) electrons. The average molecular weight is 158 g/mol. The summed E-state index contributed by atoms with van der Waals surface area (Å²) < 4.78 is 0. The third kappa shape index (κ3) is 1.70. The Bertz CT molecular complexity index is 180. The summed E-state index contributed by atoms with van der Waals surface area (Å²) in [5, 5.41) is 5.12. The average Bonchev–Trinajstić information content (AvgIpc) is 2.40. The molecule has 0 aromatic heterocycles. The molecule has 0 aromatic carbocycles. The van der Waals surface area contributed by atoms with Crippen molar-refractivity contribution in [2.24, 2.45) is 0 Å². The zero-order chi connectivity index (χ0) is 7.40. The molecule has 0 spiro atoms. The van der Waals surface area contributed by atoms with Gasteiger partial charge in [0.1, 0.15) is 6.67 Å². The van der Waals surface area contributed by atoms with Crippen LogP contribution in [0.4, 0.5) is 0 Å². The first-order valence-electron chi connectivity index (χ1n) is 2.67. The molecule has 0 bridgehead atoms. The topological polar surface area (TPSA) is 41.6 Å². The number of hydrogen-bond acceptors (Lipinski definition) is 5. The molecule has 10 heavy (non-hydrogen) atoms. The minimum atomic E-state index is -0.525. The summed E-state index contributed by atoms with van der Waals surface area (Å²) in [7, 11) is 0. The molecule has 5 heteroatoms. The first-order valence-corrected chi connectivity index (χ1v) is 3.14. The lowest BCUT2D eigenvalue weighted by molar-refractivity contribution is -0.167. The van der Waals surface area contributed by atoms with Crippen molar-refractivity contribution in [3.63, 3.8) is 0 Å².